The Morgan fingerprint density at radius 2 is 1.61 bits per heavy atom. The monoisotopic (exact) mass is 329 g/mol. The van der Waals surface area contributed by atoms with Crippen LogP contribution < -0.4 is 10.6 Å². The highest BCUT2D eigenvalue weighted by atomic mass is 35.5. The van der Waals surface area contributed by atoms with E-state index >= 15 is 0 Å². The molecule has 0 radical (unpaired) electrons. The second kappa shape index (κ2) is 7.29. The van der Waals surface area contributed by atoms with Crippen LogP contribution in [0.1, 0.15) is 31.1 Å². The van der Waals surface area contributed by atoms with Crippen molar-refractivity contribution in [2.45, 2.75) is 26.3 Å². The minimum Gasteiger partial charge on any atom is -0.325 e. The molecular formula is C18H20ClN3O. The lowest BCUT2D eigenvalue weighted by Gasteiger charge is -2.18. The van der Waals surface area contributed by atoms with Crippen LogP contribution in [0.5, 0.6) is 0 Å². The van der Waals surface area contributed by atoms with E-state index in [1.807, 2.05) is 57.2 Å². The second-order valence-electron chi connectivity index (χ2n) is 6.06. The summed E-state index contributed by atoms with van der Waals surface area (Å²) in [6.07, 6.45) is 0. The number of carbonyl (C=O) groups excluding carboxylic acids is 1. The summed E-state index contributed by atoms with van der Waals surface area (Å²) < 4.78 is 0. The number of carbonyl (C=O) groups is 1. The molecule has 5 heteroatoms. The first-order valence-electron chi connectivity index (χ1n) is 7.33. The first-order valence-corrected chi connectivity index (χ1v) is 7.71. The zero-order valence-corrected chi connectivity index (χ0v) is 14.2. The highest BCUT2D eigenvalue weighted by Crippen LogP contribution is 2.20. The van der Waals surface area contributed by atoms with Gasteiger partial charge in [0.25, 0.3) is 5.91 Å². The van der Waals surface area contributed by atoms with E-state index in [9.17, 15) is 4.79 Å². The van der Waals surface area contributed by atoms with E-state index < -0.39 is 0 Å². The Bertz CT molecular complexity index is 706. The van der Waals surface area contributed by atoms with Crippen LogP contribution in [-0.4, -0.2) is 17.4 Å². The van der Waals surface area contributed by atoms with Crippen LogP contribution in [0, 0.1) is 0 Å². The number of anilines is 1. The Kier molecular flexibility index (Phi) is 5.40. The van der Waals surface area contributed by atoms with Crippen molar-refractivity contribution in [3.63, 3.8) is 0 Å². The molecule has 0 aliphatic heterocycles. The van der Waals surface area contributed by atoms with Crippen molar-refractivity contribution in [1.29, 1.82) is 0 Å². The standard InChI is InChI=1S/C18H20ClN3O/c1-18(2,3)22-17(20-15-12-8-7-11-14(15)19)21-16(23)13-9-5-4-6-10-13/h4-12H,1-3H3,(H2,20,21,22,23). The predicted molar refractivity (Wildman–Crippen MR) is 96.2 cm³/mol. The Morgan fingerprint density at radius 3 is 2.22 bits per heavy atom. The Morgan fingerprint density at radius 1 is 1.00 bits per heavy atom. The number of hydrogen-bond acceptors (Lipinski definition) is 2. The molecule has 120 valence electrons. The van der Waals surface area contributed by atoms with Crippen LogP contribution in [0.3, 0.4) is 0 Å². The maximum absolute atomic E-state index is 12.4. The smallest absolute Gasteiger partial charge is 0.257 e. The summed E-state index contributed by atoms with van der Waals surface area (Å²) in [5.41, 5.74) is 0.897. The zero-order valence-electron chi connectivity index (χ0n) is 13.4. The van der Waals surface area contributed by atoms with Crippen molar-refractivity contribution in [2.75, 3.05) is 5.32 Å². The van der Waals surface area contributed by atoms with E-state index in [2.05, 4.69) is 15.6 Å². The third kappa shape index (κ3) is 5.42. The molecule has 2 N–H and O–H groups in total. The van der Waals surface area contributed by atoms with Gasteiger partial charge in [0.15, 0.2) is 0 Å². The summed E-state index contributed by atoms with van der Waals surface area (Å²) in [5.74, 6) is 0.132. The Hall–Kier alpha value is -2.33. The molecule has 4 nitrogen and oxygen atoms in total. The van der Waals surface area contributed by atoms with Gasteiger partial charge in [-0.05, 0) is 45.0 Å². The fourth-order valence-corrected chi connectivity index (χ4v) is 2.06. The highest BCUT2D eigenvalue weighted by Gasteiger charge is 2.14. The van der Waals surface area contributed by atoms with Gasteiger partial charge < -0.3 is 5.32 Å². The van der Waals surface area contributed by atoms with Gasteiger partial charge in [0.2, 0.25) is 5.96 Å². The third-order valence-corrected chi connectivity index (χ3v) is 3.17. The lowest BCUT2D eigenvalue weighted by atomic mass is 10.1. The van der Waals surface area contributed by atoms with Gasteiger partial charge in [-0.1, -0.05) is 41.9 Å². The first-order chi connectivity index (χ1) is 10.8. The molecule has 0 fully saturated rings. The third-order valence-electron chi connectivity index (χ3n) is 2.84. The van der Waals surface area contributed by atoms with Gasteiger partial charge in [0, 0.05) is 5.56 Å². The van der Waals surface area contributed by atoms with Gasteiger partial charge in [0.05, 0.1) is 16.2 Å². The van der Waals surface area contributed by atoms with Crippen LogP contribution in [-0.2, 0) is 0 Å². The highest BCUT2D eigenvalue weighted by molar-refractivity contribution is 6.33. The Balaban J connectivity index is 2.24. The van der Waals surface area contributed by atoms with Crippen LogP contribution in [0.2, 0.25) is 5.02 Å². The molecule has 0 spiro atoms. The number of para-hydroxylation sites is 1. The molecule has 2 aromatic carbocycles. The molecule has 0 atom stereocenters. The van der Waals surface area contributed by atoms with Crippen molar-refractivity contribution in [3.8, 4) is 0 Å². The first kappa shape index (κ1) is 17.0. The van der Waals surface area contributed by atoms with Crippen molar-refractivity contribution in [1.82, 2.24) is 5.32 Å². The average Bonchev–Trinajstić information content (AvgIpc) is 2.49. The van der Waals surface area contributed by atoms with Crippen LogP contribution >= 0.6 is 11.6 Å². The minimum absolute atomic E-state index is 0.229. The molecule has 0 aliphatic rings. The molecular weight excluding hydrogens is 310 g/mol. The number of nitrogens with one attached hydrogen (secondary N) is 2. The molecule has 23 heavy (non-hydrogen) atoms. The summed E-state index contributed by atoms with van der Waals surface area (Å²) in [4.78, 5) is 16.9. The van der Waals surface area contributed by atoms with E-state index in [1.54, 1.807) is 18.2 Å². The van der Waals surface area contributed by atoms with Crippen molar-refractivity contribution >= 4 is 29.2 Å². The molecule has 2 rings (SSSR count). The zero-order chi connectivity index (χ0) is 16.9. The molecule has 1 amide bonds. The van der Waals surface area contributed by atoms with Crippen molar-refractivity contribution in [3.05, 3.63) is 65.2 Å². The molecule has 0 aromatic heterocycles. The normalized spacial score (nSPS) is 11.9. The number of aliphatic imine (C=N–C) groups is 1. The quantitative estimate of drug-likeness (QED) is 0.636. The minimum atomic E-state index is -0.354. The number of amides is 1. The second-order valence-corrected chi connectivity index (χ2v) is 6.46. The largest absolute Gasteiger partial charge is 0.325 e. The molecule has 0 heterocycles. The summed E-state index contributed by atoms with van der Waals surface area (Å²) in [5, 5.41) is 6.46. The fourth-order valence-electron chi connectivity index (χ4n) is 1.88. The van der Waals surface area contributed by atoms with Gasteiger partial charge in [-0.3, -0.25) is 10.1 Å². The molecule has 0 saturated carbocycles. The SMILES string of the molecule is CC(C)(C)N=C(NC(=O)c1ccccc1)Nc1ccccc1Cl. The van der Waals surface area contributed by atoms with E-state index in [0.29, 0.717) is 22.2 Å². The molecule has 0 saturated heterocycles. The number of rotatable bonds is 2. The topological polar surface area (TPSA) is 53.5 Å². The average molecular weight is 330 g/mol. The van der Waals surface area contributed by atoms with E-state index in [0.717, 1.165) is 0 Å². The summed E-state index contributed by atoms with van der Waals surface area (Å²) in [6, 6.07) is 16.3. The van der Waals surface area contributed by atoms with E-state index in [4.69, 9.17) is 11.6 Å². The van der Waals surface area contributed by atoms with Gasteiger partial charge in [0.1, 0.15) is 0 Å². The Labute approximate surface area is 141 Å². The molecule has 0 aliphatic carbocycles. The van der Waals surface area contributed by atoms with Crippen molar-refractivity contribution < 1.29 is 4.79 Å². The maximum Gasteiger partial charge on any atom is 0.257 e. The summed E-state index contributed by atoms with van der Waals surface area (Å²) in [6.45, 7) is 5.86. The lowest BCUT2D eigenvalue weighted by Crippen LogP contribution is -2.38. The van der Waals surface area contributed by atoms with Gasteiger partial charge >= 0.3 is 0 Å². The van der Waals surface area contributed by atoms with Gasteiger partial charge in [-0.25, -0.2) is 4.99 Å². The molecule has 2 aromatic rings. The number of nitrogens with zero attached hydrogens (tertiary/aromatic N) is 1. The number of halogens is 1. The number of benzene rings is 2. The van der Waals surface area contributed by atoms with E-state index in [-0.39, 0.29) is 11.4 Å². The van der Waals surface area contributed by atoms with Gasteiger partial charge in [-0.15, -0.1) is 0 Å². The number of hydrogen-bond donors (Lipinski definition) is 2. The maximum atomic E-state index is 12.4. The predicted octanol–water partition coefficient (Wildman–Crippen LogP) is 4.34. The lowest BCUT2D eigenvalue weighted by molar-refractivity contribution is 0.0977. The van der Waals surface area contributed by atoms with Gasteiger partial charge in [-0.2, -0.15) is 0 Å². The van der Waals surface area contributed by atoms with Crippen LogP contribution in [0.25, 0.3) is 0 Å². The fraction of sp³-hybridized carbons (Fsp3) is 0.222. The van der Waals surface area contributed by atoms with Crippen molar-refractivity contribution in [2.24, 2.45) is 4.99 Å². The summed E-state index contributed by atoms with van der Waals surface area (Å²) >= 11 is 6.16. The molecule has 0 bridgehead atoms. The van der Waals surface area contributed by atoms with Crippen LogP contribution in [0.4, 0.5) is 5.69 Å². The number of guanidine groups is 1. The summed E-state index contributed by atoms with van der Waals surface area (Å²) in [7, 11) is 0. The van der Waals surface area contributed by atoms with Crippen LogP contribution in [0.15, 0.2) is 59.6 Å². The van der Waals surface area contributed by atoms with E-state index in [1.165, 1.54) is 0 Å². The molecule has 0 unspecified atom stereocenters.